The predicted molar refractivity (Wildman–Crippen MR) is 86.0 cm³/mol. The number of amides is 1. The van der Waals surface area contributed by atoms with Crippen LogP contribution in [0.4, 0.5) is 11.4 Å². The summed E-state index contributed by atoms with van der Waals surface area (Å²) < 4.78 is 4.69. The number of hydrogen-bond acceptors (Lipinski definition) is 4. The number of anilines is 2. The quantitative estimate of drug-likeness (QED) is 0.805. The largest absolute Gasteiger partial charge is 0.465 e. The monoisotopic (exact) mass is 298 g/mol. The Morgan fingerprint density at radius 3 is 2.41 bits per heavy atom. The summed E-state index contributed by atoms with van der Waals surface area (Å²) in [5, 5.41) is 5.89. The van der Waals surface area contributed by atoms with Crippen LogP contribution in [-0.2, 0) is 9.53 Å². The molecule has 114 valence electrons. The first-order valence-electron chi connectivity index (χ1n) is 6.97. The van der Waals surface area contributed by atoms with Crippen LogP contribution < -0.4 is 10.6 Å². The zero-order valence-corrected chi connectivity index (χ0v) is 12.3. The van der Waals surface area contributed by atoms with Gasteiger partial charge in [0.15, 0.2) is 0 Å². The number of para-hydroxylation sites is 2. The van der Waals surface area contributed by atoms with Gasteiger partial charge in [0.05, 0.1) is 18.4 Å². The van der Waals surface area contributed by atoms with E-state index in [2.05, 4.69) is 10.6 Å². The first kappa shape index (κ1) is 15.6. The highest BCUT2D eigenvalue weighted by Gasteiger charge is 2.12. The standard InChI is InChI=1S/C17H18N2O3/c1-22-17(21)14-9-5-6-10-15(14)19-16(20)11-12-18-13-7-3-2-4-8-13/h2-10,18H,11-12H2,1H3,(H,19,20). The molecule has 0 spiro atoms. The van der Waals surface area contributed by atoms with Gasteiger partial charge in [0, 0.05) is 18.7 Å². The molecule has 0 unspecified atom stereocenters. The third-order valence-corrected chi connectivity index (χ3v) is 3.06. The lowest BCUT2D eigenvalue weighted by Gasteiger charge is -2.10. The maximum Gasteiger partial charge on any atom is 0.339 e. The summed E-state index contributed by atoms with van der Waals surface area (Å²) in [4.78, 5) is 23.6. The summed E-state index contributed by atoms with van der Waals surface area (Å²) in [5.41, 5.74) is 1.76. The Hall–Kier alpha value is -2.82. The number of hydrogen-bond donors (Lipinski definition) is 2. The van der Waals surface area contributed by atoms with Crippen molar-refractivity contribution in [2.75, 3.05) is 24.3 Å². The van der Waals surface area contributed by atoms with Crippen LogP contribution in [0, 0.1) is 0 Å². The van der Waals surface area contributed by atoms with Crippen LogP contribution in [0.1, 0.15) is 16.8 Å². The van der Waals surface area contributed by atoms with Crippen LogP contribution in [-0.4, -0.2) is 25.5 Å². The Morgan fingerprint density at radius 1 is 1.00 bits per heavy atom. The number of carbonyl (C=O) groups excluding carboxylic acids is 2. The maximum atomic E-state index is 12.0. The highest BCUT2D eigenvalue weighted by molar-refractivity contribution is 6.01. The molecule has 0 atom stereocenters. The molecule has 0 saturated carbocycles. The van der Waals surface area contributed by atoms with E-state index in [1.54, 1.807) is 24.3 Å². The van der Waals surface area contributed by atoms with E-state index in [4.69, 9.17) is 4.74 Å². The summed E-state index contributed by atoms with van der Waals surface area (Å²) in [7, 11) is 1.31. The number of ether oxygens (including phenoxy) is 1. The summed E-state index contributed by atoms with van der Waals surface area (Å²) in [6.45, 7) is 0.510. The molecule has 0 saturated heterocycles. The van der Waals surface area contributed by atoms with Gasteiger partial charge in [0.1, 0.15) is 0 Å². The molecule has 0 radical (unpaired) electrons. The SMILES string of the molecule is COC(=O)c1ccccc1NC(=O)CCNc1ccccc1. The Labute approximate surface area is 129 Å². The maximum absolute atomic E-state index is 12.0. The van der Waals surface area contributed by atoms with Gasteiger partial charge in [-0.2, -0.15) is 0 Å². The van der Waals surface area contributed by atoms with Crippen LogP contribution in [0.2, 0.25) is 0 Å². The van der Waals surface area contributed by atoms with Gasteiger partial charge in [0.2, 0.25) is 5.91 Å². The minimum atomic E-state index is -0.474. The fourth-order valence-corrected chi connectivity index (χ4v) is 1.97. The molecule has 2 aromatic rings. The van der Waals surface area contributed by atoms with Crippen molar-refractivity contribution in [2.24, 2.45) is 0 Å². The third kappa shape index (κ3) is 4.34. The minimum Gasteiger partial charge on any atom is -0.465 e. The van der Waals surface area contributed by atoms with Crippen molar-refractivity contribution >= 4 is 23.3 Å². The molecule has 2 N–H and O–H groups in total. The lowest BCUT2D eigenvalue weighted by Crippen LogP contribution is -2.18. The van der Waals surface area contributed by atoms with E-state index in [9.17, 15) is 9.59 Å². The van der Waals surface area contributed by atoms with Crippen molar-refractivity contribution in [2.45, 2.75) is 6.42 Å². The average Bonchev–Trinajstić information content (AvgIpc) is 2.55. The lowest BCUT2D eigenvalue weighted by molar-refractivity contribution is -0.115. The zero-order chi connectivity index (χ0) is 15.8. The van der Waals surface area contributed by atoms with Gasteiger partial charge < -0.3 is 15.4 Å². The number of esters is 1. The fraction of sp³-hybridized carbons (Fsp3) is 0.176. The summed E-state index contributed by atoms with van der Waals surface area (Å²) in [6, 6.07) is 16.4. The second-order valence-electron chi connectivity index (χ2n) is 4.63. The van der Waals surface area contributed by atoms with Crippen LogP contribution >= 0.6 is 0 Å². The van der Waals surface area contributed by atoms with Crippen molar-refractivity contribution in [3.63, 3.8) is 0 Å². The van der Waals surface area contributed by atoms with E-state index in [1.807, 2.05) is 30.3 Å². The molecule has 2 rings (SSSR count). The van der Waals surface area contributed by atoms with Crippen molar-refractivity contribution in [3.05, 3.63) is 60.2 Å². The third-order valence-electron chi connectivity index (χ3n) is 3.06. The van der Waals surface area contributed by atoms with Crippen molar-refractivity contribution in [3.8, 4) is 0 Å². The summed E-state index contributed by atoms with van der Waals surface area (Å²) in [6.07, 6.45) is 0.296. The van der Waals surface area contributed by atoms with Crippen molar-refractivity contribution in [1.29, 1.82) is 0 Å². The van der Waals surface area contributed by atoms with Crippen molar-refractivity contribution < 1.29 is 14.3 Å². The number of nitrogens with one attached hydrogen (secondary N) is 2. The molecule has 0 aromatic heterocycles. The van der Waals surface area contributed by atoms with E-state index < -0.39 is 5.97 Å². The zero-order valence-electron chi connectivity index (χ0n) is 12.3. The van der Waals surface area contributed by atoms with E-state index in [1.165, 1.54) is 7.11 Å². The molecular formula is C17H18N2O3. The first-order chi connectivity index (χ1) is 10.7. The number of methoxy groups -OCH3 is 1. The van der Waals surface area contributed by atoms with Gasteiger partial charge in [-0.3, -0.25) is 4.79 Å². The van der Waals surface area contributed by atoms with E-state index in [0.29, 0.717) is 24.2 Å². The number of benzene rings is 2. The normalized spacial score (nSPS) is 9.86. The molecule has 0 fully saturated rings. The van der Waals surface area contributed by atoms with Crippen LogP contribution in [0.25, 0.3) is 0 Å². The van der Waals surface area contributed by atoms with Crippen LogP contribution in [0.5, 0.6) is 0 Å². The molecule has 0 heterocycles. The Morgan fingerprint density at radius 2 is 1.68 bits per heavy atom. The topological polar surface area (TPSA) is 67.4 Å². The molecule has 2 aromatic carbocycles. The predicted octanol–water partition coefficient (Wildman–Crippen LogP) is 2.91. The van der Waals surface area contributed by atoms with Gasteiger partial charge in [0.25, 0.3) is 0 Å². The van der Waals surface area contributed by atoms with Gasteiger partial charge in [-0.25, -0.2) is 4.79 Å². The van der Waals surface area contributed by atoms with E-state index in [0.717, 1.165) is 5.69 Å². The van der Waals surface area contributed by atoms with Gasteiger partial charge in [-0.15, -0.1) is 0 Å². The van der Waals surface area contributed by atoms with Gasteiger partial charge >= 0.3 is 5.97 Å². The molecule has 0 bridgehead atoms. The van der Waals surface area contributed by atoms with E-state index >= 15 is 0 Å². The Bertz CT molecular complexity index is 641. The molecule has 0 aliphatic rings. The van der Waals surface area contributed by atoms with E-state index in [-0.39, 0.29) is 5.91 Å². The average molecular weight is 298 g/mol. The van der Waals surface area contributed by atoms with Gasteiger partial charge in [-0.1, -0.05) is 30.3 Å². The van der Waals surface area contributed by atoms with Crippen molar-refractivity contribution in [1.82, 2.24) is 0 Å². The highest BCUT2D eigenvalue weighted by atomic mass is 16.5. The smallest absolute Gasteiger partial charge is 0.339 e. The molecule has 0 aliphatic heterocycles. The summed E-state index contributed by atoms with van der Waals surface area (Å²) in [5.74, 6) is -0.641. The number of rotatable bonds is 6. The molecule has 1 amide bonds. The van der Waals surface area contributed by atoms with Crippen LogP contribution in [0.15, 0.2) is 54.6 Å². The minimum absolute atomic E-state index is 0.167. The summed E-state index contributed by atoms with van der Waals surface area (Å²) >= 11 is 0. The first-order valence-corrected chi connectivity index (χ1v) is 6.97. The lowest BCUT2D eigenvalue weighted by atomic mass is 10.1. The number of carbonyl (C=O) groups is 2. The molecular weight excluding hydrogens is 280 g/mol. The Balaban J connectivity index is 1.88. The second-order valence-corrected chi connectivity index (χ2v) is 4.63. The van der Waals surface area contributed by atoms with Crippen LogP contribution in [0.3, 0.4) is 0 Å². The second kappa shape index (κ2) is 7.83. The molecule has 0 aliphatic carbocycles. The molecule has 22 heavy (non-hydrogen) atoms. The Kier molecular flexibility index (Phi) is 5.54. The van der Waals surface area contributed by atoms with Gasteiger partial charge in [-0.05, 0) is 24.3 Å². The molecule has 5 nitrogen and oxygen atoms in total. The molecule has 5 heteroatoms. The highest BCUT2D eigenvalue weighted by Crippen LogP contribution is 2.16. The fourth-order valence-electron chi connectivity index (χ4n) is 1.97.